The SMILES string of the molecule is COc1ccc(C(C)NC2CC(OC)C2)cc1OC. The standard InChI is InChI=1S/C15H23NO3/c1-10(16-12-8-13(9-12)17-2)11-5-6-14(18-3)15(7-11)19-4/h5-7,10,12-13,16H,8-9H2,1-4H3. The zero-order valence-corrected chi connectivity index (χ0v) is 12.1. The van der Waals surface area contributed by atoms with Crippen molar-refractivity contribution in [3.63, 3.8) is 0 Å². The highest BCUT2D eigenvalue weighted by atomic mass is 16.5. The molecule has 106 valence electrons. The Kier molecular flexibility index (Phi) is 4.66. The normalized spacial score (nSPS) is 23.6. The van der Waals surface area contributed by atoms with Gasteiger partial charge in [0.2, 0.25) is 0 Å². The summed E-state index contributed by atoms with van der Waals surface area (Å²) in [6.07, 6.45) is 2.61. The number of hydrogen-bond acceptors (Lipinski definition) is 4. The fraction of sp³-hybridized carbons (Fsp3) is 0.600. The summed E-state index contributed by atoms with van der Waals surface area (Å²) in [6, 6.07) is 6.90. The molecule has 0 amide bonds. The Labute approximate surface area is 115 Å². The van der Waals surface area contributed by atoms with Gasteiger partial charge in [-0.25, -0.2) is 0 Å². The number of hydrogen-bond donors (Lipinski definition) is 1. The summed E-state index contributed by atoms with van der Waals surface area (Å²) in [5.74, 6) is 1.54. The number of ether oxygens (including phenoxy) is 3. The van der Waals surface area contributed by atoms with Gasteiger partial charge in [0.05, 0.1) is 20.3 Å². The Morgan fingerprint density at radius 3 is 2.37 bits per heavy atom. The van der Waals surface area contributed by atoms with Crippen LogP contribution in [0.5, 0.6) is 11.5 Å². The summed E-state index contributed by atoms with van der Waals surface area (Å²) in [4.78, 5) is 0. The molecule has 4 nitrogen and oxygen atoms in total. The van der Waals surface area contributed by atoms with E-state index in [9.17, 15) is 0 Å². The molecule has 1 atom stereocenters. The van der Waals surface area contributed by atoms with Crippen LogP contribution in [0.4, 0.5) is 0 Å². The molecule has 0 heterocycles. The Bertz CT molecular complexity index is 416. The smallest absolute Gasteiger partial charge is 0.161 e. The van der Waals surface area contributed by atoms with Crippen LogP contribution in [0.25, 0.3) is 0 Å². The van der Waals surface area contributed by atoms with E-state index in [1.54, 1.807) is 21.3 Å². The monoisotopic (exact) mass is 265 g/mol. The summed E-state index contributed by atoms with van der Waals surface area (Å²) >= 11 is 0. The molecule has 1 fully saturated rings. The van der Waals surface area contributed by atoms with Gasteiger partial charge in [-0.3, -0.25) is 0 Å². The maximum atomic E-state index is 5.33. The second kappa shape index (κ2) is 6.26. The van der Waals surface area contributed by atoms with Crippen LogP contribution < -0.4 is 14.8 Å². The lowest BCUT2D eigenvalue weighted by atomic mass is 9.88. The average Bonchev–Trinajstić information content (AvgIpc) is 2.41. The van der Waals surface area contributed by atoms with E-state index in [2.05, 4.69) is 18.3 Å². The molecule has 1 aromatic rings. The van der Waals surface area contributed by atoms with Crippen molar-refractivity contribution in [1.82, 2.24) is 5.32 Å². The van der Waals surface area contributed by atoms with E-state index in [-0.39, 0.29) is 0 Å². The van der Waals surface area contributed by atoms with Crippen LogP contribution in [0.1, 0.15) is 31.4 Å². The van der Waals surface area contributed by atoms with Gasteiger partial charge in [0.25, 0.3) is 0 Å². The molecule has 1 aromatic carbocycles. The molecule has 1 saturated carbocycles. The minimum atomic E-state index is 0.294. The molecule has 2 rings (SSSR count). The zero-order valence-electron chi connectivity index (χ0n) is 12.1. The first-order valence-corrected chi connectivity index (χ1v) is 6.68. The topological polar surface area (TPSA) is 39.7 Å². The maximum absolute atomic E-state index is 5.33. The fourth-order valence-electron chi connectivity index (χ4n) is 2.47. The Morgan fingerprint density at radius 2 is 1.79 bits per heavy atom. The van der Waals surface area contributed by atoms with Gasteiger partial charge in [-0.2, -0.15) is 0 Å². The third kappa shape index (κ3) is 3.19. The molecule has 0 radical (unpaired) electrons. The first-order valence-electron chi connectivity index (χ1n) is 6.68. The third-order valence-electron chi connectivity index (χ3n) is 3.82. The predicted molar refractivity (Wildman–Crippen MR) is 74.9 cm³/mol. The summed E-state index contributed by atoms with van der Waals surface area (Å²) in [5, 5.41) is 3.61. The van der Waals surface area contributed by atoms with Gasteiger partial charge >= 0.3 is 0 Å². The van der Waals surface area contributed by atoms with E-state index >= 15 is 0 Å². The van der Waals surface area contributed by atoms with Crippen LogP contribution in [0.2, 0.25) is 0 Å². The van der Waals surface area contributed by atoms with Gasteiger partial charge in [0.15, 0.2) is 11.5 Å². The lowest BCUT2D eigenvalue weighted by Gasteiger charge is -2.36. The van der Waals surface area contributed by atoms with Gasteiger partial charge in [-0.1, -0.05) is 6.07 Å². The second-order valence-corrected chi connectivity index (χ2v) is 5.03. The van der Waals surface area contributed by atoms with E-state index in [1.165, 1.54) is 5.56 Å². The van der Waals surface area contributed by atoms with E-state index in [0.29, 0.717) is 18.2 Å². The Hall–Kier alpha value is -1.26. The van der Waals surface area contributed by atoms with Crippen LogP contribution in [0, 0.1) is 0 Å². The molecule has 1 aliphatic rings. The van der Waals surface area contributed by atoms with Crippen molar-refractivity contribution >= 4 is 0 Å². The second-order valence-electron chi connectivity index (χ2n) is 5.03. The highest BCUT2D eigenvalue weighted by Gasteiger charge is 2.29. The van der Waals surface area contributed by atoms with Crippen molar-refractivity contribution in [1.29, 1.82) is 0 Å². The molecule has 0 aliphatic heterocycles. The van der Waals surface area contributed by atoms with Gasteiger partial charge in [-0.05, 0) is 37.5 Å². The number of rotatable bonds is 6. The van der Waals surface area contributed by atoms with Crippen LogP contribution >= 0.6 is 0 Å². The van der Waals surface area contributed by atoms with Crippen molar-refractivity contribution < 1.29 is 14.2 Å². The molecular weight excluding hydrogens is 242 g/mol. The van der Waals surface area contributed by atoms with Crippen LogP contribution in [-0.4, -0.2) is 33.5 Å². The molecule has 1 N–H and O–H groups in total. The lowest BCUT2D eigenvalue weighted by Crippen LogP contribution is -2.45. The first-order chi connectivity index (χ1) is 9.17. The van der Waals surface area contributed by atoms with Gasteiger partial charge in [0.1, 0.15) is 0 Å². The lowest BCUT2D eigenvalue weighted by molar-refractivity contribution is 0.0147. The molecule has 4 heteroatoms. The van der Waals surface area contributed by atoms with Crippen molar-refractivity contribution in [2.24, 2.45) is 0 Å². The molecule has 1 unspecified atom stereocenters. The minimum absolute atomic E-state index is 0.294. The molecule has 0 spiro atoms. The van der Waals surface area contributed by atoms with Gasteiger partial charge < -0.3 is 19.5 Å². The maximum Gasteiger partial charge on any atom is 0.161 e. The quantitative estimate of drug-likeness (QED) is 0.858. The largest absolute Gasteiger partial charge is 0.493 e. The Morgan fingerprint density at radius 1 is 1.11 bits per heavy atom. The van der Waals surface area contributed by atoms with Gasteiger partial charge in [0, 0.05) is 19.2 Å². The molecular formula is C15H23NO3. The molecule has 0 aromatic heterocycles. The molecule has 1 aliphatic carbocycles. The number of nitrogens with one attached hydrogen (secondary N) is 1. The van der Waals surface area contributed by atoms with Crippen molar-refractivity contribution in [3.05, 3.63) is 23.8 Å². The van der Waals surface area contributed by atoms with Crippen molar-refractivity contribution in [2.75, 3.05) is 21.3 Å². The molecule has 0 saturated heterocycles. The number of benzene rings is 1. The van der Waals surface area contributed by atoms with E-state index < -0.39 is 0 Å². The van der Waals surface area contributed by atoms with Crippen LogP contribution in [-0.2, 0) is 4.74 Å². The minimum Gasteiger partial charge on any atom is -0.493 e. The third-order valence-corrected chi connectivity index (χ3v) is 3.82. The predicted octanol–water partition coefficient (Wildman–Crippen LogP) is 2.53. The van der Waals surface area contributed by atoms with Crippen molar-refractivity contribution in [2.45, 2.75) is 38.0 Å². The molecule has 0 bridgehead atoms. The highest BCUT2D eigenvalue weighted by Crippen LogP contribution is 2.31. The highest BCUT2D eigenvalue weighted by molar-refractivity contribution is 5.43. The summed E-state index contributed by atoms with van der Waals surface area (Å²) < 4.78 is 15.9. The van der Waals surface area contributed by atoms with Crippen molar-refractivity contribution in [3.8, 4) is 11.5 Å². The van der Waals surface area contributed by atoms with Gasteiger partial charge in [-0.15, -0.1) is 0 Å². The van der Waals surface area contributed by atoms with Crippen LogP contribution in [0.3, 0.4) is 0 Å². The van der Waals surface area contributed by atoms with E-state index in [0.717, 1.165) is 24.3 Å². The van der Waals surface area contributed by atoms with E-state index in [1.807, 2.05) is 12.1 Å². The zero-order chi connectivity index (χ0) is 13.8. The first kappa shape index (κ1) is 14.2. The molecule has 19 heavy (non-hydrogen) atoms. The summed E-state index contributed by atoms with van der Waals surface area (Å²) in [5.41, 5.74) is 1.21. The van der Waals surface area contributed by atoms with Crippen LogP contribution in [0.15, 0.2) is 18.2 Å². The Balaban J connectivity index is 1.97. The summed E-state index contributed by atoms with van der Waals surface area (Å²) in [7, 11) is 5.09. The van der Waals surface area contributed by atoms with E-state index in [4.69, 9.17) is 14.2 Å². The summed E-state index contributed by atoms with van der Waals surface area (Å²) in [6.45, 7) is 2.17. The number of methoxy groups -OCH3 is 3. The average molecular weight is 265 g/mol. The fourth-order valence-corrected chi connectivity index (χ4v) is 2.47.